The minimum atomic E-state index is -0.722. The summed E-state index contributed by atoms with van der Waals surface area (Å²) in [5, 5.41) is 8.76. The fraction of sp³-hybridized carbons (Fsp3) is 0.892. The van der Waals surface area contributed by atoms with Crippen LogP contribution in [0.15, 0.2) is 12.2 Å². The monoisotopic (exact) mass is 579 g/mol. The van der Waals surface area contributed by atoms with Gasteiger partial charge < -0.3 is 9.84 Å². The first-order chi connectivity index (χ1) is 20.1. The van der Waals surface area contributed by atoms with Crippen molar-refractivity contribution in [3.63, 3.8) is 0 Å². The van der Waals surface area contributed by atoms with Gasteiger partial charge in [-0.3, -0.25) is 9.59 Å². The van der Waals surface area contributed by atoms with E-state index in [0.29, 0.717) is 6.42 Å². The minimum Gasteiger partial charge on any atom is -0.481 e. The number of rotatable bonds is 33. The van der Waals surface area contributed by atoms with Crippen molar-refractivity contribution in [3.8, 4) is 0 Å². The van der Waals surface area contributed by atoms with Crippen LogP contribution in [0.3, 0.4) is 0 Å². The second kappa shape index (κ2) is 33.2. The van der Waals surface area contributed by atoms with E-state index in [-0.39, 0.29) is 18.5 Å². The number of esters is 1. The molecule has 1 unspecified atom stereocenters. The molecule has 0 aromatic rings. The minimum absolute atomic E-state index is 0.0663. The zero-order chi connectivity index (χ0) is 30.1. The number of unbranched alkanes of at least 4 members (excludes halogenated alkanes) is 24. The predicted octanol–water partition coefficient (Wildman–Crippen LogP) is 12.3. The summed E-state index contributed by atoms with van der Waals surface area (Å²) in [6.07, 6.45) is 39.9. The van der Waals surface area contributed by atoms with Crippen LogP contribution >= 0.6 is 0 Å². The number of carboxylic acid groups (broad SMARTS) is 1. The molecule has 0 aromatic heterocycles. The van der Waals surface area contributed by atoms with Crippen LogP contribution < -0.4 is 0 Å². The fourth-order valence-corrected chi connectivity index (χ4v) is 5.49. The standard InChI is InChI=1S/C37H70O4/c1-3-5-7-9-10-11-12-13-14-15-16-17-18-19-20-21-22-23-24-30-34-37(40)41-35(31-27-8-6-4-2)32-28-25-26-29-33-36(38)39/h27,31,35H,3-26,28-30,32-34H2,1-2H3,(H,38,39)/b31-27-. The normalized spacial score (nSPS) is 12.2. The van der Waals surface area contributed by atoms with Gasteiger partial charge in [0, 0.05) is 12.8 Å². The van der Waals surface area contributed by atoms with Crippen LogP contribution in [0.5, 0.6) is 0 Å². The van der Waals surface area contributed by atoms with Crippen molar-refractivity contribution >= 4 is 11.9 Å². The van der Waals surface area contributed by atoms with Crippen molar-refractivity contribution in [2.45, 2.75) is 213 Å². The molecule has 0 spiro atoms. The Labute approximate surface area is 255 Å². The molecule has 242 valence electrons. The summed E-state index contributed by atoms with van der Waals surface area (Å²) in [6, 6.07) is 0. The summed E-state index contributed by atoms with van der Waals surface area (Å²) in [5.41, 5.74) is 0. The van der Waals surface area contributed by atoms with Gasteiger partial charge in [-0.2, -0.15) is 0 Å². The molecule has 0 rings (SSSR count). The van der Waals surface area contributed by atoms with Crippen LogP contribution in [0.4, 0.5) is 0 Å². The first-order valence-electron chi connectivity index (χ1n) is 18.2. The van der Waals surface area contributed by atoms with Gasteiger partial charge in [0.05, 0.1) is 0 Å². The average molecular weight is 579 g/mol. The summed E-state index contributed by atoms with van der Waals surface area (Å²) in [5.74, 6) is -0.788. The topological polar surface area (TPSA) is 63.6 Å². The predicted molar refractivity (Wildman–Crippen MR) is 177 cm³/mol. The first-order valence-corrected chi connectivity index (χ1v) is 18.2. The maximum absolute atomic E-state index is 12.4. The molecule has 41 heavy (non-hydrogen) atoms. The van der Waals surface area contributed by atoms with Crippen LogP contribution in [0.1, 0.15) is 206 Å². The molecule has 4 heteroatoms. The zero-order valence-corrected chi connectivity index (χ0v) is 27.6. The second-order valence-corrected chi connectivity index (χ2v) is 12.4. The Morgan fingerprint density at radius 2 is 0.927 bits per heavy atom. The van der Waals surface area contributed by atoms with Crippen LogP contribution in [-0.2, 0) is 14.3 Å². The lowest BCUT2D eigenvalue weighted by Gasteiger charge is -2.15. The summed E-state index contributed by atoms with van der Waals surface area (Å²) in [7, 11) is 0. The maximum atomic E-state index is 12.4. The van der Waals surface area contributed by atoms with E-state index in [1.165, 1.54) is 116 Å². The Morgan fingerprint density at radius 1 is 0.537 bits per heavy atom. The molecular formula is C37H70O4. The molecule has 0 saturated heterocycles. The highest BCUT2D eigenvalue weighted by atomic mass is 16.5. The Balaban J connectivity index is 3.64. The molecule has 0 aliphatic carbocycles. The second-order valence-electron chi connectivity index (χ2n) is 12.4. The molecule has 4 nitrogen and oxygen atoms in total. The van der Waals surface area contributed by atoms with E-state index in [2.05, 4.69) is 26.0 Å². The highest BCUT2D eigenvalue weighted by Gasteiger charge is 2.11. The third kappa shape index (κ3) is 33.1. The molecule has 0 amide bonds. The molecule has 0 aliphatic rings. The van der Waals surface area contributed by atoms with E-state index in [4.69, 9.17) is 9.84 Å². The third-order valence-electron chi connectivity index (χ3n) is 8.22. The number of allylic oxidation sites excluding steroid dienone is 1. The summed E-state index contributed by atoms with van der Waals surface area (Å²) in [4.78, 5) is 23.1. The van der Waals surface area contributed by atoms with E-state index in [9.17, 15) is 9.59 Å². The van der Waals surface area contributed by atoms with Crippen molar-refractivity contribution in [2.75, 3.05) is 0 Å². The Bertz CT molecular complexity index is 585. The van der Waals surface area contributed by atoms with E-state index < -0.39 is 5.97 Å². The number of hydrogen-bond acceptors (Lipinski definition) is 3. The highest BCUT2D eigenvalue weighted by molar-refractivity contribution is 5.69. The van der Waals surface area contributed by atoms with Crippen molar-refractivity contribution in [2.24, 2.45) is 0 Å². The Morgan fingerprint density at radius 3 is 1.37 bits per heavy atom. The molecule has 0 heterocycles. The molecule has 0 fully saturated rings. The Kier molecular flexibility index (Phi) is 32.1. The molecule has 0 bridgehead atoms. The SMILES string of the molecule is CCCC/C=C\C(CCCCCCC(=O)O)OC(=O)CCCCCCCCCCCCCCCCCCCCCC. The van der Waals surface area contributed by atoms with E-state index in [0.717, 1.165) is 64.2 Å². The van der Waals surface area contributed by atoms with Gasteiger partial charge in [-0.15, -0.1) is 0 Å². The molecule has 0 aliphatic heterocycles. The van der Waals surface area contributed by atoms with Gasteiger partial charge in [-0.05, 0) is 38.2 Å². The summed E-state index contributed by atoms with van der Waals surface area (Å²) in [6.45, 7) is 4.47. The first kappa shape index (κ1) is 39.7. The van der Waals surface area contributed by atoms with Gasteiger partial charge in [-0.1, -0.05) is 168 Å². The zero-order valence-electron chi connectivity index (χ0n) is 27.6. The molecule has 0 aromatic carbocycles. The Hall–Kier alpha value is -1.32. The van der Waals surface area contributed by atoms with Crippen molar-refractivity contribution in [3.05, 3.63) is 12.2 Å². The number of hydrogen-bond donors (Lipinski definition) is 1. The summed E-state index contributed by atoms with van der Waals surface area (Å²) < 4.78 is 5.80. The molecule has 1 atom stereocenters. The lowest BCUT2D eigenvalue weighted by Crippen LogP contribution is -2.16. The van der Waals surface area contributed by atoms with E-state index in [1.54, 1.807) is 0 Å². The number of carboxylic acids is 1. The van der Waals surface area contributed by atoms with Crippen LogP contribution in [0, 0.1) is 0 Å². The van der Waals surface area contributed by atoms with Crippen LogP contribution in [-0.4, -0.2) is 23.1 Å². The van der Waals surface area contributed by atoms with Gasteiger partial charge >= 0.3 is 11.9 Å². The molecule has 0 saturated carbocycles. The summed E-state index contributed by atoms with van der Waals surface area (Å²) >= 11 is 0. The number of ether oxygens (including phenoxy) is 1. The maximum Gasteiger partial charge on any atom is 0.306 e. The third-order valence-corrected chi connectivity index (χ3v) is 8.22. The van der Waals surface area contributed by atoms with Crippen molar-refractivity contribution < 1.29 is 19.4 Å². The van der Waals surface area contributed by atoms with Crippen molar-refractivity contribution in [1.29, 1.82) is 0 Å². The van der Waals surface area contributed by atoms with Gasteiger partial charge in [0.2, 0.25) is 0 Å². The fourth-order valence-electron chi connectivity index (χ4n) is 5.49. The van der Waals surface area contributed by atoms with Crippen molar-refractivity contribution in [1.82, 2.24) is 0 Å². The number of aliphatic carboxylic acids is 1. The highest BCUT2D eigenvalue weighted by Crippen LogP contribution is 2.16. The van der Waals surface area contributed by atoms with Gasteiger partial charge in [0.1, 0.15) is 6.10 Å². The van der Waals surface area contributed by atoms with Gasteiger partial charge in [0.25, 0.3) is 0 Å². The number of carbonyl (C=O) groups excluding carboxylic acids is 1. The van der Waals surface area contributed by atoms with E-state index >= 15 is 0 Å². The van der Waals surface area contributed by atoms with Gasteiger partial charge in [-0.25, -0.2) is 0 Å². The molecule has 1 N–H and O–H groups in total. The van der Waals surface area contributed by atoms with Crippen LogP contribution in [0.25, 0.3) is 0 Å². The average Bonchev–Trinajstić information content (AvgIpc) is 2.95. The van der Waals surface area contributed by atoms with Gasteiger partial charge in [0.15, 0.2) is 0 Å². The molecular weight excluding hydrogens is 508 g/mol. The van der Waals surface area contributed by atoms with E-state index in [1.807, 2.05) is 0 Å². The largest absolute Gasteiger partial charge is 0.481 e. The molecule has 0 radical (unpaired) electrons. The smallest absolute Gasteiger partial charge is 0.306 e. The van der Waals surface area contributed by atoms with Crippen LogP contribution in [0.2, 0.25) is 0 Å². The lowest BCUT2D eigenvalue weighted by molar-refractivity contribution is -0.147. The number of carbonyl (C=O) groups is 2. The lowest BCUT2D eigenvalue weighted by atomic mass is 10.0. The quantitative estimate of drug-likeness (QED) is 0.0478.